The van der Waals surface area contributed by atoms with Crippen LogP contribution < -0.4 is 10.6 Å². The van der Waals surface area contributed by atoms with Gasteiger partial charge >= 0.3 is 0 Å². The topological polar surface area (TPSA) is 76.1 Å². The lowest BCUT2D eigenvalue weighted by molar-refractivity contribution is -0.109. The standard InChI is InChI=1S/C24H33ClN4O2/c1-3-19-22(12-4-5-14-31-15-13-26-16-30)28-24(25)29-23(19)27-17(2)20-10-6-8-18-9-7-11-21(18)20/h6,8,10,16-17H,3-5,7,9,11-15H2,1-2H3,(H,26,30)(H,27,28,29). The molecule has 0 radical (unpaired) electrons. The minimum Gasteiger partial charge on any atom is -0.380 e. The number of nitrogens with one attached hydrogen (secondary N) is 2. The van der Waals surface area contributed by atoms with Crippen LogP contribution in [0.15, 0.2) is 18.2 Å². The fourth-order valence-electron chi connectivity index (χ4n) is 4.32. The Hall–Kier alpha value is -2.18. The molecule has 31 heavy (non-hydrogen) atoms. The molecule has 6 nitrogen and oxygen atoms in total. The maximum atomic E-state index is 10.2. The quantitative estimate of drug-likeness (QED) is 0.271. The third-order valence-electron chi connectivity index (χ3n) is 5.85. The number of carbonyl (C=O) groups is 1. The summed E-state index contributed by atoms with van der Waals surface area (Å²) in [7, 11) is 0. The molecule has 1 heterocycles. The second-order valence-electron chi connectivity index (χ2n) is 7.97. The second kappa shape index (κ2) is 12.0. The van der Waals surface area contributed by atoms with Crippen LogP contribution in [0.3, 0.4) is 0 Å². The van der Waals surface area contributed by atoms with E-state index in [0.29, 0.717) is 26.2 Å². The number of aromatic nitrogens is 2. The Bertz CT molecular complexity index is 875. The van der Waals surface area contributed by atoms with Gasteiger partial charge in [0, 0.05) is 18.7 Å². The molecule has 0 saturated heterocycles. The van der Waals surface area contributed by atoms with E-state index in [0.717, 1.165) is 49.2 Å². The zero-order valence-corrected chi connectivity index (χ0v) is 19.3. The summed E-state index contributed by atoms with van der Waals surface area (Å²) in [6.45, 7) is 6.08. The molecular weight excluding hydrogens is 412 g/mol. The highest BCUT2D eigenvalue weighted by Gasteiger charge is 2.20. The van der Waals surface area contributed by atoms with Crippen molar-refractivity contribution in [3.63, 3.8) is 0 Å². The van der Waals surface area contributed by atoms with E-state index in [4.69, 9.17) is 16.3 Å². The highest BCUT2D eigenvalue weighted by atomic mass is 35.5. The van der Waals surface area contributed by atoms with Crippen molar-refractivity contribution in [2.45, 2.75) is 64.8 Å². The van der Waals surface area contributed by atoms with Crippen molar-refractivity contribution in [1.82, 2.24) is 15.3 Å². The number of unbranched alkanes of at least 4 members (excludes halogenated alkanes) is 1. The number of aryl methyl sites for hydroxylation is 2. The summed E-state index contributed by atoms with van der Waals surface area (Å²) in [6.07, 6.45) is 7.83. The van der Waals surface area contributed by atoms with E-state index < -0.39 is 0 Å². The highest BCUT2D eigenvalue weighted by Crippen LogP contribution is 2.32. The van der Waals surface area contributed by atoms with Crippen LogP contribution >= 0.6 is 11.6 Å². The SMILES string of the molecule is CCc1c(CCCCOCCNC=O)nc(Cl)nc1NC(C)c1cccc2c1CCC2. The van der Waals surface area contributed by atoms with Gasteiger partial charge in [-0.3, -0.25) is 4.79 Å². The first-order chi connectivity index (χ1) is 15.1. The summed E-state index contributed by atoms with van der Waals surface area (Å²) < 4.78 is 5.52. The zero-order valence-electron chi connectivity index (χ0n) is 18.5. The number of ether oxygens (including phenoxy) is 1. The van der Waals surface area contributed by atoms with Crippen molar-refractivity contribution < 1.29 is 9.53 Å². The Morgan fingerprint density at radius 1 is 1.23 bits per heavy atom. The van der Waals surface area contributed by atoms with E-state index in [2.05, 4.69) is 52.6 Å². The van der Waals surface area contributed by atoms with Crippen molar-refractivity contribution in [2.75, 3.05) is 25.1 Å². The molecule has 1 aliphatic rings. The molecule has 1 aromatic heterocycles. The summed E-state index contributed by atoms with van der Waals surface area (Å²) in [4.78, 5) is 19.3. The van der Waals surface area contributed by atoms with Gasteiger partial charge in [0.15, 0.2) is 0 Å². The molecule has 2 aromatic rings. The van der Waals surface area contributed by atoms with Crippen molar-refractivity contribution in [3.05, 3.63) is 51.4 Å². The number of hydrogen-bond acceptors (Lipinski definition) is 5. The summed E-state index contributed by atoms with van der Waals surface area (Å²) in [5.41, 5.74) is 6.48. The van der Waals surface area contributed by atoms with Crippen LogP contribution in [0.25, 0.3) is 0 Å². The average Bonchev–Trinajstić information content (AvgIpc) is 3.24. The minimum absolute atomic E-state index is 0.158. The lowest BCUT2D eigenvalue weighted by atomic mass is 9.98. The van der Waals surface area contributed by atoms with Crippen molar-refractivity contribution >= 4 is 23.8 Å². The largest absolute Gasteiger partial charge is 0.380 e. The number of nitrogens with zero attached hydrogens (tertiary/aromatic N) is 2. The lowest BCUT2D eigenvalue weighted by Gasteiger charge is -2.21. The highest BCUT2D eigenvalue weighted by molar-refractivity contribution is 6.28. The molecule has 1 aromatic carbocycles. The first-order valence-electron chi connectivity index (χ1n) is 11.3. The van der Waals surface area contributed by atoms with Crippen LogP contribution in [0.1, 0.15) is 67.1 Å². The molecule has 1 unspecified atom stereocenters. The molecule has 0 bridgehead atoms. The van der Waals surface area contributed by atoms with Crippen LogP contribution in [0.2, 0.25) is 5.28 Å². The van der Waals surface area contributed by atoms with Gasteiger partial charge in [-0.2, -0.15) is 0 Å². The van der Waals surface area contributed by atoms with Gasteiger partial charge in [-0.05, 0) is 80.2 Å². The average molecular weight is 445 g/mol. The first kappa shape index (κ1) is 23.5. The van der Waals surface area contributed by atoms with Crippen molar-refractivity contribution in [2.24, 2.45) is 0 Å². The van der Waals surface area contributed by atoms with Gasteiger partial charge in [-0.15, -0.1) is 0 Å². The Kier molecular flexibility index (Phi) is 9.10. The van der Waals surface area contributed by atoms with E-state index in [-0.39, 0.29) is 11.3 Å². The second-order valence-corrected chi connectivity index (χ2v) is 8.30. The van der Waals surface area contributed by atoms with Crippen LogP contribution in [0.4, 0.5) is 5.82 Å². The van der Waals surface area contributed by atoms with E-state index in [1.807, 2.05) is 0 Å². The molecule has 1 amide bonds. The number of halogens is 1. The van der Waals surface area contributed by atoms with Gasteiger partial charge in [0.25, 0.3) is 0 Å². The number of anilines is 1. The van der Waals surface area contributed by atoms with Gasteiger partial charge < -0.3 is 15.4 Å². The summed E-state index contributed by atoms with van der Waals surface area (Å²) in [5, 5.41) is 6.50. The van der Waals surface area contributed by atoms with Gasteiger partial charge in [0.2, 0.25) is 11.7 Å². The Morgan fingerprint density at radius 2 is 2.10 bits per heavy atom. The number of benzene rings is 1. The molecule has 2 N–H and O–H groups in total. The predicted molar refractivity (Wildman–Crippen MR) is 125 cm³/mol. The van der Waals surface area contributed by atoms with E-state index in [1.54, 1.807) is 0 Å². The Labute approximate surface area is 190 Å². The van der Waals surface area contributed by atoms with Crippen LogP contribution in [0.5, 0.6) is 0 Å². The van der Waals surface area contributed by atoms with Crippen LogP contribution in [-0.2, 0) is 35.2 Å². The van der Waals surface area contributed by atoms with Crippen molar-refractivity contribution in [3.8, 4) is 0 Å². The monoisotopic (exact) mass is 444 g/mol. The molecule has 0 fully saturated rings. The zero-order chi connectivity index (χ0) is 22.1. The number of amides is 1. The molecule has 0 spiro atoms. The molecular formula is C24H33ClN4O2. The lowest BCUT2D eigenvalue weighted by Crippen LogP contribution is -2.17. The number of hydrogen-bond donors (Lipinski definition) is 2. The molecule has 1 aliphatic carbocycles. The summed E-state index contributed by atoms with van der Waals surface area (Å²) in [5.74, 6) is 0.844. The fraction of sp³-hybridized carbons (Fsp3) is 0.542. The van der Waals surface area contributed by atoms with Crippen molar-refractivity contribution in [1.29, 1.82) is 0 Å². The maximum absolute atomic E-state index is 10.2. The summed E-state index contributed by atoms with van der Waals surface area (Å²) in [6, 6.07) is 6.79. The summed E-state index contributed by atoms with van der Waals surface area (Å²) >= 11 is 6.29. The Morgan fingerprint density at radius 3 is 2.90 bits per heavy atom. The molecule has 3 rings (SSSR count). The van der Waals surface area contributed by atoms with Gasteiger partial charge in [0.05, 0.1) is 18.3 Å². The third kappa shape index (κ3) is 6.40. The predicted octanol–water partition coefficient (Wildman–Crippen LogP) is 4.44. The van der Waals surface area contributed by atoms with Crippen LogP contribution in [0, 0.1) is 0 Å². The van der Waals surface area contributed by atoms with E-state index in [1.165, 1.54) is 29.5 Å². The molecule has 168 valence electrons. The van der Waals surface area contributed by atoms with Gasteiger partial charge in [-0.25, -0.2) is 9.97 Å². The first-order valence-corrected chi connectivity index (χ1v) is 11.7. The maximum Gasteiger partial charge on any atom is 0.224 e. The number of fused-ring (bicyclic) bond motifs is 1. The van der Waals surface area contributed by atoms with Gasteiger partial charge in [0.1, 0.15) is 5.82 Å². The third-order valence-corrected chi connectivity index (χ3v) is 6.02. The normalized spacial score (nSPS) is 13.6. The van der Waals surface area contributed by atoms with E-state index >= 15 is 0 Å². The minimum atomic E-state index is 0.158. The van der Waals surface area contributed by atoms with Gasteiger partial charge in [-0.1, -0.05) is 25.1 Å². The van der Waals surface area contributed by atoms with Crippen LogP contribution in [-0.4, -0.2) is 36.1 Å². The molecule has 7 heteroatoms. The molecule has 0 saturated carbocycles. The fourth-order valence-corrected chi connectivity index (χ4v) is 4.51. The number of rotatable bonds is 13. The molecule has 1 atom stereocenters. The Balaban J connectivity index is 1.63. The smallest absolute Gasteiger partial charge is 0.224 e. The van der Waals surface area contributed by atoms with E-state index in [9.17, 15) is 4.79 Å². The molecule has 0 aliphatic heterocycles. The number of carbonyl (C=O) groups excluding carboxylic acids is 1.